The lowest BCUT2D eigenvalue weighted by molar-refractivity contribution is 0.102. The van der Waals surface area contributed by atoms with E-state index in [2.05, 4.69) is 38.5 Å². The number of benzene rings is 1. The molecule has 0 unspecified atom stereocenters. The first-order valence-electron chi connectivity index (χ1n) is 3.61. The molecule has 0 heterocycles. The van der Waals surface area contributed by atoms with Gasteiger partial charge < -0.3 is 0 Å². The number of Topliss-reactive ketones (excluding diaryl/α,β-unsaturated/α-hetero) is 1. The molecule has 0 atom stereocenters. The highest BCUT2D eigenvalue weighted by Gasteiger charge is 2.10. The van der Waals surface area contributed by atoms with Crippen molar-refractivity contribution in [2.45, 2.75) is 6.92 Å². The number of aryl methyl sites for hydroxylation is 1. The quantitative estimate of drug-likeness (QED) is 0.438. The van der Waals surface area contributed by atoms with E-state index in [-0.39, 0.29) is 11.7 Å². The summed E-state index contributed by atoms with van der Waals surface area (Å²) in [6.07, 6.45) is 0. The molecule has 0 saturated carbocycles. The van der Waals surface area contributed by atoms with Gasteiger partial charge in [0.25, 0.3) is 0 Å². The Balaban J connectivity index is 3.23. The predicted octanol–water partition coefficient (Wildman–Crippen LogP) is 3.78. The fourth-order valence-electron chi connectivity index (χ4n) is 0.932. The minimum Gasteiger partial charge on any atom is -0.293 e. The number of hydrogen-bond donors (Lipinski definition) is 0. The molecule has 1 aromatic rings. The van der Waals surface area contributed by atoms with Crippen LogP contribution in [0.4, 0.5) is 0 Å². The van der Waals surface area contributed by atoms with Gasteiger partial charge in [0, 0.05) is 13.6 Å². The highest BCUT2D eigenvalue weighted by Crippen LogP contribution is 2.23. The second kappa shape index (κ2) is 4.75. The van der Waals surface area contributed by atoms with E-state index in [0.29, 0.717) is 5.56 Å². The fourth-order valence-corrected chi connectivity index (χ4v) is 2.22. The maximum atomic E-state index is 11.3. The van der Waals surface area contributed by atoms with Crippen LogP contribution < -0.4 is 0 Å². The molecule has 0 fully saturated rings. The molecule has 0 bridgehead atoms. The first-order chi connectivity index (χ1) is 6.06. The number of alkyl halides is 1. The lowest BCUT2D eigenvalue weighted by Gasteiger charge is -2.04. The van der Waals surface area contributed by atoms with Crippen molar-refractivity contribution >= 4 is 55.9 Å². The van der Waals surface area contributed by atoms with Gasteiger partial charge in [-0.1, -0.05) is 15.9 Å². The zero-order valence-electron chi connectivity index (χ0n) is 6.90. The Bertz CT molecular complexity index is 352. The number of halogens is 3. The predicted molar refractivity (Wildman–Crippen MR) is 66.6 cm³/mol. The van der Waals surface area contributed by atoms with E-state index in [1.54, 1.807) is 0 Å². The van der Waals surface area contributed by atoms with Gasteiger partial charge in [-0.2, -0.15) is 0 Å². The van der Waals surface area contributed by atoms with Crippen molar-refractivity contribution in [1.82, 2.24) is 0 Å². The van der Waals surface area contributed by atoms with Crippen LogP contribution >= 0.6 is 50.1 Å². The topological polar surface area (TPSA) is 17.1 Å². The third kappa shape index (κ3) is 2.67. The smallest absolute Gasteiger partial charge is 0.178 e. The van der Waals surface area contributed by atoms with E-state index >= 15 is 0 Å². The Labute approximate surface area is 104 Å². The van der Waals surface area contributed by atoms with Crippen LogP contribution in [-0.2, 0) is 0 Å². The molecule has 0 amide bonds. The Morgan fingerprint density at radius 2 is 2.23 bits per heavy atom. The standard InChI is InChI=1S/C9H7BrClIO/c1-5-2-7(10)6(3-8(5)12)9(13)4-11/h2-3H,4H2,1H3. The summed E-state index contributed by atoms with van der Waals surface area (Å²) in [6, 6.07) is 3.78. The van der Waals surface area contributed by atoms with Crippen molar-refractivity contribution < 1.29 is 4.79 Å². The van der Waals surface area contributed by atoms with Gasteiger partial charge in [-0.15, -0.1) is 11.6 Å². The van der Waals surface area contributed by atoms with Crippen LogP contribution in [0.25, 0.3) is 0 Å². The number of hydrogen-bond acceptors (Lipinski definition) is 1. The molecule has 0 saturated heterocycles. The van der Waals surface area contributed by atoms with Crippen molar-refractivity contribution in [3.05, 3.63) is 31.3 Å². The van der Waals surface area contributed by atoms with Gasteiger partial charge in [-0.3, -0.25) is 4.79 Å². The van der Waals surface area contributed by atoms with Crippen LogP contribution in [0.2, 0.25) is 0 Å². The molecule has 0 aliphatic heterocycles. The molecule has 0 aliphatic carbocycles. The third-order valence-electron chi connectivity index (χ3n) is 1.67. The summed E-state index contributed by atoms with van der Waals surface area (Å²) < 4.78 is 1.89. The van der Waals surface area contributed by atoms with E-state index in [1.165, 1.54) is 0 Å². The third-order valence-corrected chi connectivity index (χ3v) is 3.73. The molecule has 0 aliphatic rings. The van der Waals surface area contributed by atoms with Gasteiger partial charge >= 0.3 is 0 Å². The van der Waals surface area contributed by atoms with E-state index in [9.17, 15) is 4.79 Å². The molecule has 1 aromatic carbocycles. The van der Waals surface area contributed by atoms with Crippen LogP contribution in [0.15, 0.2) is 16.6 Å². The average molecular weight is 373 g/mol. The molecule has 0 radical (unpaired) electrons. The van der Waals surface area contributed by atoms with Crippen LogP contribution in [-0.4, -0.2) is 11.7 Å². The number of carbonyl (C=O) groups is 1. The van der Waals surface area contributed by atoms with Crippen molar-refractivity contribution in [3.8, 4) is 0 Å². The summed E-state index contributed by atoms with van der Waals surface area (Å²) in [7, 11) is 0. The van der Waals surface area contributed by atoms with Crippen molar-refractivity contribution in [2.24, 2.45) is 0 Å². The Kier molecular flexibility index (Phi) is 4.19. The minimum atomic E-state index is -0.0496. The van der Waals surface area contributed by atoms with Gasteiger partial charge in [0.1, 0.15) is 0 Å². The first-order valence-corrected chi connectivity index (χ1v) is 6.01. The summed E-state index contributed by atoms with van der Waals surface area (Å²) >= 11 is 11.0. The average Bonchev–Trinajstić information content (AvgIpc) is 2.10. The normalized spacial score (nSPS) is 10.2. The molecule has 4 heteroatoms. The second-order valence-corrected chi connectivity index (χ2v) is 4.92. The fraction of sp³-hybridized carbons (Fsp3) is 0.222. The van der Waals surface area contributed by atoms with Crippen molar-refractivity contribution in [2.75, 3.05) is 5.88 Å². The van der Waals surface area contributed by atoms with Crippen molar-refractivity contribution in [1.29, 1.82) is 0 Å². The zero-order chi connectivity index (χ0) is 10.0. The first kappa shape index (κ1) is 11.5. The highest BCUT2D eigenvalue weighted by atomic mass is 127. The number of rotatable bonds is 2. The molecular weight excluding hydrogens is 366 g/mol. The van der Waals surface area contributed by atoms with Gasteiger partial charge in [0.05, 0.1) is 5.88 Å². The summed E-state index contributed by atoms with van der Waals surface area (Å²) in [5.41, 5.74) is 1.81. The molecule has 1 nitrogen and oxygen atoms in total. The van der Waals surface area contributed by atoms with Crippen LogP contribution in [0.5, 0.6) is 0 Å². The molecule has 0 spiro atoms. The lowest BCUT2D eigenvalue weighted by atomic mass is 10.1. The summed E-state index contributed by atoms with van der Waals surface area (Å²) in [5.74, 6) is -0.0240. The minimum absolute atomic E-state index is 0.0255. The summed E-state index contributed by atoms with van der Waals surface area (Å²) in [4.78, 5) is 11.3. The van der Waals surface area contributed by atoms with Crippen LogP contribution in [0.3, 0.4) is 0 Å². The largest absolute Gasteiger partial charge is 0.293 e. The molecule has 13 heavy (non-hydrogen) atoms. The molecule has 0 aromatic heterocycles. The zero-order valence-corrected chi connectivity index (χ0v) is 11.4. The molecule has 0 N–H and O–H groups in total. The van der Waals surface area contributed by atoms with Gasteiger partial charge in [0.2, 0.25) is 0 Å². The van der Waals surface area contributed by atoms with E-state index in [0.717, 1.165) is 13.6 Å². The summed E-state index contributed by atoms with van der Waals surface area (Å²) in [5, 5.41) is 0. The maximum absolute atomic E-state index is 11.3. The van der Waals surface area contributed by atoms with Gasteiger partial charge in [-0.25, -0.2) is 0 Å². The van der Waals surface area contributed by atoms with Crippen molar-refractivity contribution in [3.63, 3.8) is 0 Å². The lowest BCUT2D eigenvalue weighted by Crippen LogP contribution is -2.02. The number of carbonyl (C=O) groups excluding carboxylic acids is 1. The monoisotopic (exact) mass is 372 g/mol. The Morgan fingerprint density at radius 3 is 2.77 bits per heavy atom. The van der Waals surface area contributed by atoms with E-state index in [4.69, 9.17) is 11.6 Å². The molecule has 1 rings (SSSR count). The van der Waals surface area contributed by atoms with E-state index in [1.807, 2.05) is 19.1 Å². The Hall–Kier alpha value is 0.390. The van der Waals surface area contributed by atoms with Crippen LogP contribution in [0, 0.1) is 10.5 Å². The SMILES string of the molecule is Cc1cc(Br)c(C(=O)CCl)cc1I. The maximum Gasteiger partial charge on any atom is 0.178 e. The number of ketones is 1. The molecular formula is C9H7BrClIO. The second-order valence-electron chi connectivity index (χ2n) is 2.64. The van der Waals surface area contributed by atoms with Gasteiger partial charge in [0.15, 0.2) is 5.78 Å². The van der Waals surface area contributed by atoms with Crippen LogP contribution in [0.1, 0.15) is 15.9 Å². The Morgan fingerprint density at radius 1 is 1.62 bits per heavy atom. The highest BCUT2D eigenvalue weighted by molar-refractivity contribution is 14.1. The van der Waals surface area contributed by atoms with Gasteiger partial charge in [-0.05, 0) is 47.2 Å². The summed E-state index contributed by atoms with van der Waals surface area (Å²) in [6.45, 7) is 2.00. The molecule has 70 valence electrons. The van der Waals surface area contributed by atoms with E-state index < -0.39 is 0 Å².